The number of amides is 1. The van der Waals surface area contributed by atoms with Crippen molar-refractivity contribution in [3.05, 3.63) is 77.7 Å². The van der Waals surface area contributed by atoms with Crippen LogP contribution in [0.3, 0.4) is 0 Å². The second kappa shape index (κ2) is 8.68. The zero-order valence-electron chi connectivity index (χ0n) is 16.5. The fraction of sp³-hybridized carbons (Fsp3) is 0.273. The van der Waals surface area contributed by atoms with Gasteiger partial charge in [-0.15, -0.1) is 0 Å². The van der Waals surface area contributed by atoms with E-state index in [1.54, 1.807) is 18.6 Å². The van der Waals surface area contributed by atoms with Gasteiger partial charge in [0.2, 0.25) is 5.95 Å². The fourth-order valence-corrected chi connectivity index (χ4v) is 3.29. The van der Waals surface area contributed by atoms with Crippen LogP contribution in [-0.2, 0) is 6.54 Å². The first-order valence-corrected chi connectivity index (χ1v) is 9.76. The van der Waals surface area contributed by atoms with Gasteiger partial charge in [0, 0.05) is 51.3 Å². The zero-order valence-corrected chi connectivity index (χ0v) is 16.5. The van der Waals surface area contributed by atoms with Crippen molar-refractivity contribution in [1.82, 2.24) is 20.3 Å². The molecule has 1 amide bonds. The highest BCUT2D eigenvalue weighted by atomic mass is 16.1. The molecule has 3 heterocycles. The largest absolute Gasteiger partial charge is 0.353 e. The molecule has 0 atom stereocenters. The molecule has 0 radical (unpaired) electrons. The molecule has 1 aliphatic rings. The molecule has 29 heavy (non-hydrogen) atoms. The van der Waals surface area contributed by atoms with Crippen LogP contribution in [-0.4, -0.2) is 47.0 Å². The Morgan fingerprint density at radius 3 is 2.28 bits per heavy atom. The molecule has 1 aromatic carbocycles. The smallest absolute Gasteiger partial charge is 0.253 e. The molecule has 7 heteroatoms. The van der Waals surface area contributed by atoms with Crippen LogP contribution in [0.15, 0.2) is 61.1 Å². The van der Waals surface area contributed by atoms with Gasteiger partial charge in [-0.25, -0.2) is 15.0 Å². The Morgan fingerprint density at radius 2 is 1.62 bits per heavy atom. The van der Waals surface area contributed by atoms with E-state index in [1.807, 2.05) is 49.4 Å². The highest BCUT2D eigenvalue weighted by Gasteiger charge is 2.20. The van der Waals surface area contributed by atoms with E-state index in [1.165, 1.54) is 5.56 Å². The Kier molecular flexibility index (Phi) is 5.65. The summed E-state index contributed by atoms with van der Waals surface area (Å²) >= 11 is 0. The van der Waals surface area contributed by atoms with Gasteiger partial charge in [-0.3, -0.25) is 4.79 Å². The van der Waals surface area contributed by atoms with Crippen molar-refractivity contribution in [2.24, 2.45) is 0 Å². The van der Waals surface area contributed by atoms with Crippen molar-refractivity contribution in [3.8, 4) is 0 Å². The average molecular weight is 388 g/mol. The predicted octanol–water partition coefficient (Wildman–Crippen LogP) is 2.44. The molecule has 0 saturated carbocycles. The van der Waals surface area contributed by atoms with Gasteiger partial charge < -0.3 is 15.1 Å². The van der Waals surface area contributed by atoms with Gasteiger partial charge in [0.05, 0.1) is 5.56 Å². The number of aromatic nitrogens is 3. The molecule has 0 unspecified atom stereocenters. The van der Waals surface area contributed by atoms with Gasteiger partial charge in [0.15, 0.2) is 0 Å². The zero-order chi connectivity index (χ0) is 20.1. The lowest BCUT2D eigenvalue weighted by molar-refractivity contribution is 0.0950. The van der Waals surface area contributed by atoms with Crippen molar-refractivity contribution in [2.45, 2.75) is 13.5 Å². The summed E-state index contributed by atoms with van der Waals surface area (Å²) < 4.78 is 0. The van der Waals surface area contributed by atoms with Crippen molar-refractivity contribution < 1.29 is 4.79 Å². The summed E-state index contributed by atoms with van der Waals surface area (Å²) in [4.78, 5) is 29.9. The number of nitrogens with zero attached hydrogens (tertiary/aromatic N) is 5. The Hall–Kier alpha value is -3.48. The van der Waals surface area contributed by atoms with Crippen LogP contribution < -0.4 is 15.1 Å². The Balaban J connectivity index is 1.31. The molecular formula is C22H24N6O. The molecule has 0 bridgehead atoms. The second-order valence-corrected chi connectivity index (χ2v) is 7.10. The van der Waals surface area contributed by atoms with Gasteiger partial charge in [-0.05, 0) is 30.7 Å². The first-order valence-electron chi connectivity index (χ1n) is 9.76. The van der Waals surface area contributed by atoms with Gasteiger partial charge in [0.25, 0.3) is 5.91 Å². The highest BCUT2D eigenvalue weighted by molar-refractivity contribution is 5.94. The number of carbonyl (C=O) groups is 1. The molecule has 0 spiro atoms. The normalized spacial score (nSPS) is 14.0. The van der Waals surface area contributed by atoms with E-state index in [0.29, 0.717) is 12.1 Å². The maximum atomic E-state index is 12.4. The topological polar surface area (TPSA) is 74.2 Å². The minimum atomic E-state index is -0.115. The highest BCUT2D eigenvalue weighted by Crippen LogP contribution is 2.16. The van der Waals surface area contributed by atoms with E-state index in [-0.39, 0.29) is 5.91 Å². The summed E-state index contributed by atoms with van der Waals surface area (Å²) in [5.74, 6) is 1.53. The first kappa shape index (κ1) is 18.9. The molecule has 2 aromatic heterocycles. The van der Waals surface area contributed by atoms with Gasteiger partial charge in [0.1, 0.15) is 5.82 Å². The summed E-state index contributed by atoms with van der Waals surface area (Å²) in [6, 6.07) is 13.7. The lowest BCUT2D eigenvalue weighted by atomic mass is 10.1. The standard InChI is InChI=1S/C22H24N6O/c1-17-3-5-18(6-4-17)15-26-21(29)19-7-8-20(25-16-19)27-11-13-28(14-12-27)22-23-9-2-10-24-22/h2-10,16H,11-15H2,1H3,(H,26,29). The molecule has 7 nitrogen and oxygen atoms in total. The number of piperazine rings is 1. The molecule has 4 rings (SSSR count). The van der Waals surface area contributed by atoms with Crippen LogP contribution in [0.2, 0.25) is 0 Å². The van der Waals surface area contributed by atoms with E-state index in [0.717, 1.165) is 43.5 Å². The molecule has 0 aliphatic carbocycles. The van der Waals surface area contributed by atoms with Crippen molar-refractivity contribution in [1.29, 1.82) is 0 Å². The number of nitrogens with one attached hydrogen (secondary N) is 1. The van der Waals surface area contributed by atoms with E-state index in [4.69, 9.17) is 0 Å². The minimum absolute atomic E-state index is 0.115. The number of benzene rings is 1. The van der Waals surface area contributed by atoms with E-state index in [9.17, 15) is 4.79 Å². The Morgan fingerprint density at radius 1 is 0.931 bits per heavy atom. The van der Waals surface area contributed by atoms with Crippen molar-refractivity contribution >= 4 is 17.7 Å². The summed E-state index contributed by atoms with van der Waals surface area (Å²) in [7, 11) is 0. The van der Waals surface area contributed by atoms with Crippen LogP contribution in [0.1, 0.15) is 21.5 Å². The summed E-state index contributed by atoms with van der Waals surface area (Å²) in [6.07, 6.45) is 5.17. The third-order valence-corrected chi connectivity index (χ3v) is 5.02. The summed E-state index contributed by atoms with van der Waals surface area (Å²) in [5.41, 5.74) is 2.85. The predicted molar refractivity (Wildman–Crippen MR) is 113 cm³/mol. The molecule has 1 fully saturated rings. The van der Waals surface area contributed by atoms with Gasteiger partial charge in [-0.1, -0.05) is 29.8 Å². The Bertz CT molecular complexity index is 935. The third kappa shape index (κ3) is 4.68. The second-order valence-electron chi connectivity index (χ2n) is 7.10. The Labute approximate surface area is 170 Å². The van der Waals surface area contributed by atoms with E-state index >= 15 is 0 Å². The van der Waals surface area contributed by atoms with Crippen LogP contribution in [0, 0.1) is 6.92 Å². The van der Waals surface area contributed by atoms with Gasteiger partial charge in [-0.2, -0.15) is 0 Å². The van der Waals surface area contributed by atoms with Crippen molar-refractivity contribution in [2.75, 3.05) is 36.0 Å². The molecular weight excluding hydrogens is 364 g/mol. The van der Waals surface area contributed by atoms with Crippen LogP contribution in [0.25, 0.3) is 0 Å². The van der Waals surface area contributed by atoms with Crippen LogP contribution in [0.4, 0.5) is 11.8 Å². The number of aryl methyl sites for hydroxylation is 1. The number of hydrogen-bond acceptors (Lipinski definition) is 6. The maximum Gasteiger partial charge on any atom is 0.253 e. The van der Waals surface area contributed by atoms with E-state index in [2.05, 4.69) is 30.1 Å². The summed E-state index contributed by atoms with van der Waals surface area (Å²) in [5, 5.41) is 2.94. The van der Waals surface area contributed by atoms with Crippen LogP contribution >= 0.6 is 0 Å². The van der Waals surface area contributed by atoms with Crippen molar-refractivity contribution in [3.63, 3.8) is 0 Å². The third-order valence-electron chi connectivity index (χ3n) is 5.02. The SMILES string of the molecule is Cc1ccc(CNC(=O)c2ccc(N3CCN(c4ncccn4)CC3)nc2)cc1. The first-order chi connectivity index (χ1) is 14.2. The van der Waals surface area contributed by atoms with Gasteiger partial charge >= 0.3 is 0 Å². The molecule has 3 aromatic rings. The lowest BCUT2D eigenvalue weighted by Crippen LogP contribution is -2.47. The van der Waals surface area contributed by atoms with Crippen LogP contribution in [0.5, 0.6) is 0 Å². The minimum Gasteiger partial charge on any atom is -0.353 e. The molecule has 148 valence electrons. The number of pyridine rings is 1. The quantitative estimate of drug-likeness (QED) is 0.724. The molecule has 1 saturated heterocycles. The number of carbonyl (C=O) groups excluding carboxylic acids is 1. The molecule has 1 aliphatic heterocycles. The number of hydrogen-bond donors (Lipinski definition) is 1. The fourth-order valence-electron chi connectivity index (χ4n) is 3.29. The lowest BCUT2D eigenvalue weighted by Gasteiger charge is -2.35. The molecule has 1 N–H and O–H groups in total. The summed E-state index contributed by atoms with van der Waals surface area (Å²) in [6.45, 7) is 5.90. The average Bonchev–Trinajstić information content (AvgIpc) is 2.79. The maximum absolute atomic E-state index is 12.4. The number of rotatable bonds is 5. The monoisotopic (exact) mass is 388 g/mol. The number of anilines is 2. The van der Waals surface area contributed by atoms with E-state index < -0.39 is 0 Å².